The van der Waals surface area contributed by atoms with Crippen molar-refractivity contribution in [3.05, 3.63) is 59.4 Å². The largest absolute Gasteiger partial charge is 0.465 e. The van der Waals surface area contributed by atoms with Gasteiger partial charge in [-0.2, -0.15) is 0 Å². The van der Waals surface area contributed by atoms with Crippen LogP contribution in [-0.2, 0) is 14.6 Å². The fourth-order valence-electron chi connectivity index (χ4n) is 1.96. The van der Waals surface area contributed by atoms with Gasteiger partial charge in [-0.05, 0) is 42.5 Å². The Bertz CT molecular complexity index is 891. The van der Waals surface area contributed by atoms with E-state index in [-0.39, 0.29) is 21.7 Å². The highest BCUT2D eigenvalue weighted by atomic mass is 32.2. The number of rotatable bonds is 4. The molecular formula is C16H14FNO5S. The minimum absolute atomic E-state index is 0.00000567. The van der Waals surface area contributed by atoms with Gasteiger partial charge in [0, 0.05) is 11.8 Å². The minimum atomic E-state index is -3.37. The molecule has 0 heterocycles. The number of anilines is 1. The van der Waals surface area contributed by atoms with Crippen molar-refractivity contribution in [2.75, 3.05) is 18.7 Å². The lowest BCUT2D eigenvalue weighted by molar-refractivity contribution is 0.0602. The average Bonchev–Trinajstić information content (AvgIpc) is 2.53. The van der Waals surface area contributed by atoms with Gasteiger partial charge in [-0.25, -0.2) is 17.6 Å². The molecule has 0 atom stereocenters. The van der Waals surface area contributed by atoms with Crippen LogP contribution in [0.1, 0.15) is 20.7 Å². The highest BCUT2D eigenvalue weighted by Crippen LogP contribution is 2.20. The lowest BCUT2D eigenvalue weighted by Gasteiger charge is -2.10. The molecule has 2 rings (SSSR count). The van der Waals surface area contributed by atoms with Gasteiger partial charge >= 0.3 is 5.97 Å². The van der Waals surface area contributed by atoms with Crippen LogP contribution in [0.5, 0.6) is 0 Å². The Hall–Kier alpha value is -2.74. The molecule has 0 fully saturated rings. The molecule has 8 heteroatoms. The molecule has 0 aliphatic carbocycles. The molecule has 0 unspecified atom stereocenters. The fourth-order valence-corrected chi connectivity index (χ4v) is 2.59. The highest BCUT2D eigenvalue weighted by Gasteiger charge is 2.16. The summed E-state index contributed by atoms with van der Waals surface area (Å²) in [5.74, 6) is -1.98. The van der Waals surface area contributed by atoms with Gasteiger partial charge in [0.05, 0.1) is 23.3 Å². The number of nitrogens with one attached hydrogen (secondary N) is 1. The second-order valence-corrected chi connectivity index (χ2v) is 6.95. The van der Waals surface area contributed by atoms with Crippen LogP contribution in [0, 0.1) is 5.82 Å². The molecule has 0 saturated heterocycles. The number of hydrogen-bond acceptors (Lipinski definition) is 5. The zero-order chi connectivity index (χ0) is 17.9. The summed E-state index contributed by atoms with van der Waals surface area (Å²) in [6.45, 7) is 0. The van der Waals surface area contributed by atoms with Crippen molar-refractivity contribution in [3.8, 4) is 0 Å². The summed E-state index contributed by atoms with van der Waals surface area (Å²) in [4.78, 5) is 23.9. The number of hydrogen-bond donors (Lipinski definition) is 1. The van der Waals surface area contributed by atoms with E-state index in [4.69, 9.17) is 0 Å². The Morgan fingerprint density at radius 1 is 1.08 bits per heavy atom. The summed E-state index contributed by atoms with van der Waals surface area (Å²) >= 11 is 0. The molecule has 24 heavy (non-hydrogen) atoms. The smallest absolute Gasteiger partial charge is 0.339 e. The summed E-state index contributed by atoms with van der Waals surface area (Å²) in [6.07, 6.45) is 1.05. The monoisotopic (exact) mass is 351 g/mol. The summed E-state index contributed by atoms with van der Waals surface area (Å²) in [5, 5.41) is 2.41. The van der Waals surface area contributed by atoms with E-state index in [1.807, 2.05) is 0 Å². The molecule has 0 aliphatic heterocycles. The van der Waals surface area contributed by atoms with Crippen molar-refractivity contribution < 1.29 is 27.1 Å². The third kappa shape index (κ3) is 3.96. The van der Waals surface area contributed by atoms with Gasteiger partial charge in [-0.3, -0.25) is 4.79 Å². The molecule has 2 aromatic carbocycles. The molecule has 0 spiro atoms. The SMILES string of the molecule is COC(=O)c1ccc(F)cc1NC(=O)c1ccc(S(C)(=O)=O)cc1. The summed E-state index contributed by atoms with van der Waals surface area (Å²) in [7, 11) is -2.21. The first-order chi connectivity index (χ1) is 11.2. The van der Waals surface area contributed by atoms with E-state index >= 15 is 0 Å². The number of sulfone groups is 1. The summed E-state index contributed by atoms with van der Waals surface area (Å²) in [6, 6.07) is 8.49. The predicted molar refractivity (Wildman–Crippen MR) is 85.2 cm³/mol. The topological polar surface area (TPSA) is 89.5 Å². The number of methoxy groups -OCH3 is 1. The van der Waals surface area contributed by atoms with E-state index in [0.29, 0.717) is 0 Å². The van der Waals surface area contributed by atoms with Gasteiger partial charge < -0.3 is 10.1 Å². The summed E-state index contributed by atoms with van der Waals surface area (Å²) in [5.41, 5.74) is 0.113. The lowest BCUT2D eigenvalue weighted by atomic mass is 10.1. The average molecular weight is 351 g/mol. The number of benzene rings is 2. The van der Waals surface area contributed by atoms with Crippen LogP contribution in [0.4, 0.5) is 10.1 Å². The van der Waals surface area contributed by atoms with Crippen LogP contribution in [0.2, 0.25) is 0 Å². The Morgan fingerprint density at radius 3 is 2.25 bits per heavy atom. The van der Waals surface area contributed by atoms with Crippen LogP contribution in [0.15, 0.2) is 47.4 Å². The van der Waals surface area contributed by atoms with Crippen molar-refractivity contribution in [1.29, 1.82) is 0 Å². The number of amides is 1. The van der Waals surface area contributed by atoms with Crippen LogP contribution in [0.3, 0.4) is 0 Å². The van der Waals surface area contributed by atoms with Gasteiger partial charge in [0.25, 0.3) is 5.91 Å². The molecule has 0 aliphatic rings. The van der Waals surface area contributed by atoms with E-state index in [2.05, 4.69) is 10.1 Å². The van der Waals surface area contributed by atoms with Gasteiger partial charge in [0.2, 0.25) is 0 Å². The minimum Gasteiger partial charge on any atom is -0.465 e. The molecule has 6 nitrogen and oxygen atoms in total. The molecule has 0 saturated carbocycles. The lowest BCUT2D eigenvalue weighted by Crippen LogP contribution is -2.16. The molecule has 1 amide bonds. The molecule has 2 aromatic rings. The standard InChI is InChI=1S/C16H14FNO5S/c1-23-16(20)13-8-5-11(17)9-14(13)18-15(19)10-3-6-12(7-4-10)24(2,21)22/h3-9H,1-2H3,(H,18,19). The van der Waals surface area contributed by atoms with E-state index in [9.17, 15) is 22.4 Å². The molecule has 0 aromatic heterocycles. The molecule has 0 bridgehead atoms. The number of esters is 1. The van der Waals surface area contributed by atoms with E-state index in [1.54, 1.807) is 0 Å². The van der Waals surface area contributed by atoms with E-state index in [0.717, 1.165) is 18.4 Å². The molecule has 126 valence electrons. The van der Waals surface area contributed by atoms with Crippen molar-refractivity contribution in [2.24, 2.45) is 0 Å². The van der Waals surface area contributed by atoms with Crippen LogP contribution in [-0.4, -0.2) is 33.7 Å². The first-order valence-corrected chi connectivity index (χ1v) is 8.61. The quantitative estimate of drug-likeness (QED) is 0.854. The van der Waals surface area contributed by atoms with Crippen molar-refractivity contribution in [1.82, 2.24) is 0 Å². The molecule has 1 N–H and O–H groups in total. The highest BCUT2D eigenvalue weighted by molar-refractivity contribution is 7.90. The van der Waals surface area contributed by atoms with Crippen molar-refractivity contribution in [3.63, 3.8) is 0 Å². The molecular weight excluding hydrogens is 337 g/mol. The third-order valence-electron chi connectivity index (χ3n) is 3.18. The second kappa shape index (κ2) is 6.79. The normalized spacial score (nSPS) is 11.0. The predicted octanol–water partition coefficient (Wildman–Crippen LogP) is 2.27. The molecule has 0 radical (unpaired) electrons. The Morgan fingerprint density at radius 2 is 1.71 bits per heavy atom. The van der Waals surface area contributed by atoms with E-state index < -0.39 is 27.5 Å². The Kier molecular flexibility index (Phi) is 4.99. The zero-order valence-electron chi connectivity index (χ0n) is 12.9. The van der Waals surface area contributed by atoms with Crippen molar-refractivity contribution in [2.45, 2.75) is 4.90 Å². The van der Waals surface area contributed by atoms with Gasteiger partial charge in [0.1, 0.15) is 5.82 Å². The van der Waals surface area contributed by atoms with Gasteiger partial charge in [-0.1, -0.05) is 0 Å². The Balaban J connectivity index is 2.30. The number of ether oxygens (including phenoxy) is 1. The maximum atomic E-state index is 13.4. The summed E-state index contributed by atoms with van der Waals surface area (Å²) < 4.78 is 40.8. The first-order valence-electron chi connectivity index (χ1n) is 6.71. The van der Waals surface area contributed by atoms with Crippen LogP contribution < -0.4 is 5.32 Å². The Labute approximate surface area is 138 Å². The fraction of sp³-hybridized carbons (Fsp3) is 0.125. The third-order valence-corrected chi connectivity index (χ3v) is 4.31. The maximum Gasteiger partial charge on any atom is 0.339 e. The maximum absolute atomic E-state index is 13.4. The first kappa shape index (κ1) is 17.6. The number of halogens is 1. The zero-order valence-corrected chi connectivity index (χ0v) is 13.7. The van der Waals surface area contributed by atoms with Gasteiger partial charge in [-0.15, -0.1) is 0 Å². The van der Waals surface area contributed by atoms with Gasteiger partial charge in [0.15, 0.2) is 9.84 Å². The van der Waals surface area contributed by atoms with Crippen LogP contribution in [0.25, 0.3) is 0 Å². The number of carbonyl (C=O) groups is 2. The van der Waals surface area contributed by atoms with Crippen LogP contribution >= 0.6 is 0 Å². The van der Waals surface area contributed by atoms with Crippen molar-refractivity contribution >= 4 is 27.4 Å². The second-order valence-electron chi connectivity index (χ2n) is 4.93. The van der Waals surface area contributed by atoms with E-state index in [1.165, 1.54) is 37.4 Å². The number of carbonyl (C=O) groups excluding carboxylic acids is 2.